The SMILES string of the molecule is COc1ccc(/C=C\c2cc(C)c(OC)c(OC)c2)cc1N(C)/C=C\C(=O)c1ccccc1. The molecule has 0 heterocycles. The van der Waals surface area contributed by atoms with Gasteiger partial charge in [-0.1, -0.05) is 48.6 Å². The molecule has 3 aromatic carbocycles. The minimum absolute atomic E-state index is 0.0544. The van der Waals surface area contributed by atoms with E-state index in [0.717, 1.165) is 28.1 Å². The van der Waals surface area contributed by atoms with E-state index in [4.69, 9.17) is 14.2 Å². The second-order valence-corrected chi connectivity index (χ2v) is 7.49. The van der Waals surface area contributed by atoms with Crippen molar-refractivity contribution >= 4 is 23.6 Å². The predicted molar refractivity (Wildman–Crippen MR) is 135 cm³/mol. The van der Waals surface area contributed by atoms with Crippen LogP contribution < -0.4 is 19.1 Å². The number of methoxy groups -OCH3 is 3. The maximum absolute atomic E-state index is 12.4. The molecule has 33 heavy (non-hydrogen) atoms. The molecular formula is C28H29NO4. The minimum atomic E-state index is -0.0544. The number of carbonyl (C=O) groups is 1. The van der Waals surface area contributed by atoms with Crippen LogP contribution in [0.1, 0.15) is 27.0 Å². The predicted octanol–water partition coefficient (Wildman–Crippen LogP) is 6.02. The average Bonchev–Trinajstić information content (AvgIpc) is 2.85. The summed E-state index contributed by atoms with van der Waals surface area (Å²) >= 11 is 0. The first-order valence-electron chi connectivity index (χ1n) is 10.6. The van der Waals surface area contributed by atoms with Crippen molar-refractivity contribution < 1.29 is 19.0 Å². The molecule has 0 unspecified atom stereocenters. The highest BCUT2D eigenvalue weighted by Crippen LogP contribution is 2.33. The van der Waals surface area contributed by atoms with Crippen LogP contribution in [-0.4, -0.2) is 34.2 Å². The molecule has 3 rings (SSSR count). The maximum Gasteiger partial charge on any atom is 0.187 e. The lowest BCUT2D eigenvalue weighted by Crippen LogP contribution is -2.10. The third kappa shape index (κ3) is 5.83. The fourth-order valence-electron chi connectivity index (χ4n) is 3.52. The Labute approximate surface area is 195 Å². The van der Waals surface area contributed by atoms with Crippen LogP contribution in [-0.2, 0) is 0 Å². The zero-order valence-corrected chi connectivity index (χ0v) is 19.7. The molecule has 0 aliphatic heterocycles. The summed E-state index contributed by atoms with van der Waals surface area (Å²) in [6.45, 7) is 1.99. The fraction of sp³-hybridized carbons (Fsp3) is 0.179. The highest BCUT2D eigenvalue weighted by Gasteiger charge is 2.10. The largest absolute Gasteiger partial charge is 0.495 e. The molecule has 0 radical (unpaired) electrons. The molecule has 0 aromatic heterocycles. The molecule has 0 fully saturated rings. The van der Waals surface area contributed by atoms with Crippen LogP contribution in [0.25, 0.3) is 12.2 Å². The van der Waals surface area contributed by atoms with E-state index in [-0.39, 0.29) is 5.78 Å². The van der Waals surface area contributed by atoms with E-state index in [2.05, 4.69) is 0 Å². The van der Waals surface area contributed by atoms with Gasteiger partial charge in [0.1, 0.15) is 5.75 Å². The summed E-state index contributed by atoms with van der Waals surface area (Å²) < 4.78 is 16.4. The second kappa shape index (κ2) is 11.0. The number of allylic oxidation sites excluding steroid dienone is 1. The monoisotopic (exact) mass is 443 g/mol. The third-order valence-corrected chi connectivity index (χ3v) is 5.25. The van der Waals surface area contributed by atoms with E-state index in [0.29, 0.717) is 17.1 Å². The Hall–Kier alpha value is -3.99. The van der Waals surface area contributed by atoms with Crippen molar-refractivity contribution in [1.82, 2.24) is 0 Å². The molecule has 0 saturated carbocycles. The summed E-state index contributed by atoms with van der Waals surface area (Å²) in [6, 6.07) is 19.1. The van der Waals surface area contributed by atoms with Gasteiger partial charge in [-0.2, -0.15) is 0 Å². The smallest absolute Gasteiger partial charge is 0.187 e. The van der Waals surface area contributed by atoms with Crippen LogP contribution in [0.5, 0.6) is 17.2 Å². The highest BCUT2D eigenvalue weighted by molar-refractivity contribution is 6.04. The lowest BCUT2D eigenvalue weighted by Gasteiger charge is -2.18. The Morgan fingerprint density at radius 3 is 2.18 bits per heavy atom. The number of benzene rings is 3. The van der Waals surface area contributed by atoms with E-state index >= 15 is 0 Å². The fourth-order valence-corrected chi connectivity index (χ4v) is 3.52. The first-order chi connectivity index (χ1) is 16.0. The van der Waals surface area contributed by atoms with Gasteiger partial charge in [-0.05, 0) is 47.9 Å². The zero-order valence-electron chi connectivity index (χ0n) is 19.7. The molecule has 0 amide bonds. The maximum atomic E-state index is 12.4. The molecule has 0 aliphatic carbocycles. The van der Waals surface area contributed by atoms with Gasteiger partial charge in [0.05, 0.1) is 27.0 Å². The molecule has 170 valence electrons. The molecule has 5 heteroatoms. The van der Waals surface area contributed by atoms with E-state index in [1.807, 2.05) is 79.6 Å². The van der Waals surface area contributed by atoms with E-state index in [1.165, 1.54) is 0 Å². The van der Waals surface area contributed by atoms with Gasteiger partial charge >= 0.3 is 0 Å². The Bertz CT molecular complexity index is 1170. The van der Waals surface area contributed by atoms with Crippen molar-refractivity contribution in [2.75, 3.05) is 33.3 Å². The van der Waals surface area contributed by atoms with Gasteiger partial charge in [-0.3, -0.25) is 4.79 Å². The molecule has 0 atom stereocenters. The lowest BCUT2D eigenvalue weighted by atomic mass is 10.1. The van der Waals surface area contributed by atoms with E-state index in [1.54, 1.807) is 45.7 Å². The first kappa shape index (κ1) is 23.7. The number of rotatable bonds is 9. The number of ether oxygens (including phenoxy) is 3. The Balaban J connectivity index is 1.84. The molecule has 0 bridgehead atoms. The lowest BCUT2D eigenvalue weighted by molar-refractivity contribution is 0.104. The summed E-state index contributed by atoms with van der Waals surface area (Å²) in [5.41, 5.74) is 4.49. The van der Waals surface area contributed by atoms with Gasteiger partial charge in [-0.25, -0.2) is 0 Å². The Kier molecular flexibility index (Phi) is 7.92. The highest BCUT2D eigenvalue weighted by atomic mass is 16.5. The topological polar surface area (TPSA) is 48.0 Å². The van der Waals surface area contributed by atoms with Crippen LogP contribution in [0.3, 0.4) is 0 Å². The zero-order chi connectivity index (χ0) is 23.8. The van der Waals surface area contributed by atoms with Crippen LogP contribution in [0.2, 0.25) is 0 Å². The summed E-state index contributed by atoms with van der Waals surface area (Å²) in [6.07, 6.45) is 7.35. The molecule has 0 aliphatic rings. The number of ketones is 1. The molecule has 0 saturated heterocycles. The second-order valence-electron chi connectivity index (χ2n) is 7.49. The number of hydrogen-bond acceptors (Lipinski definition) is 5. The van der Waals surface area contributed by atoms with Crippen molar-refractivity contribution in [1.29, 1.82) is 0 Å². The summed E-state index contributed by atoms with van der Waals surface area (Å²) in [5.74, 6) is 2.09. The summed E-state index contributed by atoms with van der Waals surface area (Å²) in [4.78, 5) is 14.3. The number of nitrogens with zero attached hydrogens (tertiary/aromatic N) is 1. The number of hydrogen-bond donors (Lipinski definition) is 0. The summed E-state index contributed by atoms with van der Waals surface area (Å²) in [5, 5.41) is 0. The van der Waals surface area contributed by atoms with Crippen LogP contribution in [0.4, 0.5) is 5.69 Å². The summed E-state index contributed by atoms with van der Waals surface area (Å²) in [7, 11) is 6.79. The van der Waals surface area contributed by atoms with Crippen molar-refractivity contribution in [2.24, 2.45) is 0 Å². The first-order valence-corrected chi connectivity index (χ1v) is 10.6. The number of anilines is 1. The molecule has 0 N–H and O–H groups in total. The van der Waals surface area contributed by atoms with Gasteiger partial charge in [0.2, 0.25) is 0 Å². The van der Waals surface area contributed by atoms with E-state index < -0.39 is 0 Å². The van der Waals surface area contributed by atoms with Crippen LogP contribution in [0.15, 0.2) is 72.9 Å². The number of carbonyl (C=O) groups excluding carboxylic acids is 1. The van der Waals surface area contributed by atoms with Crippen LogP contribution in [0, 0.1) is 6.92 Å². The van der Waals surface area contributed by atoms with Crippen molar-refractivity contribution in [2.45, 2.75) is 6.92 Å². The van der Waals surface area contributed by atoms with Gasteiger partial charge in [0.15, 0.2) is 17.3 Å². The van der Waals surface area contributed by atoms with Gasteiger partial charge in [0.25, 0.3) is 0 Å². The van der Waals surface area contributed by atoms with Gasteiger partial charge in [-0.15, -0.1) is 0 Å². The standard InChI is InChI=1S/C28H29NO4/c1-20-17-22(19-27(32-4)28(20)33-5)12-11-21-13-14-26(31-3)24(18-21)29(2)16-15-25(30)23-9-7-6-8-10-23/h6-19H,1-5H3/b12-11-,16-15-. The quantitative estimate of drug-likeness (QED) is 0.230. The third-order valence-electron chi connectivity index (χ3n) is 5.25. The molecule has 0 spiro atoms. The van der Waals surface area contributed by atoms with Gasteiger partial charge < -0.3 is 19.1 Å². The van der Waals surface area contributed by atoms with Gasteiger partial charge in [0, 0.05) is 24.9 Å². The normalized spacial score (nSPS) is 11.1. The molecule has 3 aromatic rings. The number of aryl methyl sites for hydroxylation is 1. The van der Waals surface area contributed by atoms with Crippen molar-refractivity contribution in [3.8, 4) is 17.2 Å². The molecule has 5 nitrogen and oxygen atoms in total. The van der Waals surface area contributed by atoms with Crippen molar-refractivity contribution in [3.05, 3.63) is 95.2 Å². The van der Waals surface area contributed by atoms with Crippen molar-refractivity contribution in [3.63, 3.8) is 0 Å². The minimum Gasteiger partial charge on any atom is -0.495 e. The Morgan fingerprint density at radius 1 is 0.818 bits per heavy atom. The van der Waals surface area contributed by atoms with E-state index in [9.17, 15) is 4.79 Å². The Morgan fingerprint density at radius 2 is 1.52 bits per heavy atom. The van der Waals surface area contributed by atoms with Crippen LogP contribution >= 0.6 is 0 Å². The average molecular weight is 444 g/mol. The molecular weight excluding hydrogens is 414 g/mol.